The second-order valence-electron chi connectivity index (χ2n) is 4.41. The molecule has 0 unspecified atom stereocenters. The van der Waals surface area contributed by atoms with E-state index in [4.69, 9.17) is 10.2 Å². The van der Waals surface area contributed by atoms with Crippen LogP contribution in [0.4, 0.5) is 16.2 Å². The van der Waals surface area contributed by atoms with E-state index in [1.54, 1.807) is 24.3 Å². The molecule has 0 fully saturated rings. The number of hydrogen-bond acceptors (Lipinski definition) is 4. The van der Waals surface area contributed by atoms with Crippen molar-refractivity contribution >= 4 is 17.4 Å². The second kappa shape index (κ2) is 6.74. The first-order valence-electron chi connectivity index (χ1n) is 6.33. The average molecular weight is 288 g/mol. The van der Waals surface area contributed by atoms with Crippen molar-refractivity contribution in [1.82, 2.24) is 0 Å². The summed E-state index contributed by atoms with van der Waals surface area (Å²) in [5.41, 5.74) is 1.44. The van der Waals surface area contributed by atoms with Crippen molar-refractivity contribution in [2.75, 3.05) is 10.6 Å². The lowest BCUT2D eigenvalue weighted by Crippen LogP contribution is -2.19. The molecule has 0 saturated carbocycles. The van der Waals surface area contributed by atoms with Gasteiger partial charge in [0.05, 0.1) is 18.9 Å². The highest BCUT2D eigenvalue weighted by Crippen LogP contribution is 2.29. The summed E-state index contributed by atoms with van der Waals surface area (Å²) in [5, 5.41) is 33.3. The molecule has 0 atom stereocenters. The van der Waals surface area contributed by atoms with Gasteiger partial charge in [-0.25, -0.2) is 4.79 Å². The average Bonchev–Trinajstić information content (AvgIpc) is 2.50. The van der Waals surface area contributed by atoms with Gasteiger partial charge in [0, 0.05) is 11.3 Å². The number of carbonyl (C=O) groups excluding carboxylic acids is 1. The number of rotatable bonds is 4. The summed E-state index contributed by atoms with van der Waals surface area (Å²) in [6, 6.07) is 11.2. The number of benzene rings is 2. The van der Waals surface area contributed by atoms with Crippen molar-refractivity contribution in [3.8, 4) is 5.75 Å². The quantitative estimate of drug-likeness (QED) is 0.555. The van der Waals surface area contributed by atoms with E-state index in [-0.39, 0.29) is 23.6 Å². The van der Waals surface area contributed by atoms with E-state index in [0.717, 1.165) is 0 Å². The topological polar surface area (TPSA) is 102 Å². The standard InChI is InChI=1S/C15H16N2O4/c18-8-10-6-11(9-19)14(20)13(7-10)17-15(21)16-12-4-2-1-3-5-12/h1-7,18-20H,8-9H2,(H2,16,17,21). The fourth-order valence-corrected chi connectivity index (χ4v) is 1.87. The lowest BCUT2D eigenvalue weighted by Gasteiger charge is -2.13. The van der Waals surface area contributed by atoms with Crippen LogP contribution in [-0.4, -0.2) is 21.4 Å². The third kappa shape index (κ3) is 3.71. The molecule has 0 aromatic heterocycles. The number of aliphatic hydroxyl groups is 2. The Morgan fingerprint density at radius 1 is 1.00 bits per heavy atom. The molecule has 2 amide bonds. The van der Waals surface area contributed by atoms with E-state index in [0.29, 0.717) is 11.3 Å². The Hall–Kier alpha value is -2.57. The van der Waals surface area contributed by atoms with Crippen LogP contribution in [0.2, 0.25) is 0 Å². The van der Waals surface area contributed by atoms with Crippen LogP contribution in [0.1, 0.15) is 11.1 Å². The lowest BCUT2D eigenvalue weighted by molar-refractivity contribution is 0.261. The van der Waals surface area contributed by atoms with Crippen molar-refractivity contribution < 1.29 is 20.1 Å². The number of amides is 2. The minimum Gasteiger partial charge on any atom is -0.505 e. The maximum atomic E-state index is 11.9. The van der Waals surface area contributed by atoms with E-state index in [9.17, 15) is 9.90 Å². The number of hydrogen-bond donors (Lipinski definition) is 5. The SMILES string of the molecule is O=C(Nc1ccccc1)Nc1cc(CO)cc(CO)c1O. The highest BCUT2D eigenvalue weighted by Gasteiger charge is 2.12. The predicted molar refractivity (Wildman–Crippen MR) is 79.0 cm³/mol. The molecule has 0 radical (unpaired) electrons. The normalized spacial score (nSPS) is 10.2. The summed E-state index contributed by atoms with van der Waals surface area (Å²) >= 11 is 0. The first-order chi connectivity index (χ1) is 10.1. The van der Waals surface area contributed by atoms with Crippen molar-refractivity contribution in [2.24, 2.45) is 0 Å². The molecule has 2 aromatic rings. The van der Waals surface area contributed by atoms with Crippen LogP contribution in [0.15, 0.2) is 42.5 Å². The minimum atomic E-state index is -0.532. The number of anilines is 2. The van der Waals surface area contributed by atoms with E-state index < -0.39 is 12.6 Å². The van der Waals surface area contributed by atoms with Gasteiger partial charge in [0.1, 0.15) is 5.75 Å². The number of aliphatic hydroxyl groups excluding tert-OH is 2. The molecule has 0 heterocycles. The lowest BCUT2D eigenvalue weighted by atomic mass is 10.1. The summed E-state index contributed by atoms with van der Waals surface area (Å²) in [4.78, 5) is 11.9. The molecule has 110 valence electrons. The molecule has 21 heavy (non-hydrogen) atoms. The van der Waals surface area contributed by atoms with E-state index in [2.05, 4.69) is 10.6 Å². The summed E-state index contributed by atoms with van der Waals surface area (Å²) in [7, 11) is 0. The second-order valence-corrected chi connectivity index (χ2v) is 4.41. The van der Waals surface area contributed by atoms with Crippen molar-refractivity contribution in [1.29, 1.82) is 0 Å². The van der Waals surface area contributed by atoms with Gasteiger partial charge in [-0.3, -0.25) is 0 Å². The largest absolute Gasteiger partial charge is 0.505 e. The Kier molecular flexibility index (Phi) is 4.76. The number of carbonyl (C=O) groups is 1. The molecule has 2 aromatic carbocycles. The molecule has 6 heteroatoms. The summed E-state index contributed by atoms with van der Waals surface area (Å²) in [6.45, 7) is -0.656. The van der Waals surface area contributed by atoms with Crippen LogP contribution >= 0.6 is 0 Å². The molecule has 2 rings (SSSR count). The predicted octanol–water partition coefficient (Wildman–Crippen LogP) is 2.02. The van der Waals surface area contributed by atoms with Gasteiger partial charge < -0.3 is 26.0 Å². The van der Waals surface area contributed by atoms with Crippen molar-refractivity contribution in [2.45, 2.75) is 13.2 Å². The molecule has 6 nitrogen and oxygen atoms in total. The zero-order valence-electron chi connectivity index (χ0n) is 11.2. The number of urea groups is 1. The van der Waals surface area contributed by atoms with Gasteiger partial charge in [-0.15, -0.1) is 0 Å². The van der Waals surface area contributed by atoms with Gasteiger partial charge in [-0.05, 0) is 29.8 Å². The fraction of sp³-hybridized carbons (Fsp3) is 0.133. The number of para-hydroxylation sites is 1. The third-order valence-electron chi connectivity index (χ3n) is 2.88. The Morgan fingerprint density at radius 2 is 1.71 bits per heavy atom. The Bertz CT molecular complexity index is 629. The van der Waals surface area contributed by atoms with Crippen LogP contribution in [0, 0.1) is 0 Å². The van der Waals surface area contributed by atoms with Crippen LogP contribution < -0.4 is 10.6 Å². The van der Waals surface area contributed by atoms with E-state index in [1.165, 1.54) is 12.1 Å². The highest BCUT2D eigenvalue weighted by molar-refractivity contribution is 6.00. The van der Waals surface area contributed by atoms with Crippen molar-refractivity contribution in [3.05, 3.63) is 53.6 Å². The monoisotopic (exact) mass is 288 g/mol. The van der Waals surface area contributed by atoms with Crippen LogP contribution in [0.5, 0.6) is 5.75 Å². The molecule has 0 saturated heterocycles. The Morgan fingerprint density at radius 3 is 2.33 bits per heavy atom. The molecular weight excluding hydrogens is 272 g/mol. The molecule has 0 aliphatic heterocycles. The summed E-state index contributed by atoms with van der Waals surface area (Å²) < 4.78 is 0. The summed E-state index contributed by atoms with van der Waals surface area (Å²) in [5.74, 6) is -0.224. The zero-order chi connectivity index (χ0) is 15.2. The van der Waals surface area contributed by atoms with E-state index in [1.807, 2.05) is 6.07 Å². The van der Waals surface area contributed by atoms with Crippen LogP contribution in [0.25, 0.3) is 0 Å². The number of aromatic hydroxyl groups is 1. The molecular formula is C15H16N2O4. The molecule has 0 bridgehead atoms. The minimum absolute atomic E-state index is 0.124. The maximum Gasteiger partial charge on any atom is 0.323 e. The fourth-order valence-electron chi connectivity index (χ4n) is 1.87. The maximum absolute atomic E-state index is 11.9. The van der Waals surface area contributed by atoms with Gasteiger partial charge >= 0.3 is 6.03 Å². The Balaban J connectivity index is 2.17. The van der Waals surface area contributed by atoms with Gasteiger partial charge in [-0.2, -0.15) is 0 Å². The van der Waals surface area contributed by atoms with Gasteiger partial charge in [0.15, 0.2) is 0 Å². The van der Waals surface area contributed by atoms with Crippen LogP contribution in [-0.2, 0) is 13.2 Å². The Labute approximate surface area is 121 Å². The van der Waals surface area contributed by atoms with Gasteiger partial charge in [0.25, 0.3) is 0 Å². The highest BCUT2D eigenvalue weighted by atomic mass is 16.3. The first-order valence-corrected chi connectivity index (χ1v) is 6.33. The first kappa shape index (κ1) is 14.8. The van der Waals surface area contributed by atoms with Gasteiger partial charge in [0.2, 0.25) is 0 Å². The molecule has 0 aliphatic rings. The molecule has 5 N–H and O–H groups in total. The van der Waals surface area contributed by atoms with Gasteiger partial charge in [-0.1, -0.05) is 18.2 Å². The van der Waals surface area contributed by atoms with E-state index >= 15 is 0 Å². The molecule has 0 spiro atoms. The molecule has 0 aliphatic carbocycles. The zero-order valence-corrected chi connectivity index (χ0v) is 11.2. The summed E-state index contributed by atoms with van der Waals surface area (Å²) in [6.07, 6.45) is 0. The van der Waals surface area contributed by atoms with Crippen LogP contribution in [0.3, 0.4) is 0 Å². The number of phenols is 1. The van der Waals surface area contributed by atoms with Crippen molar-refractivity contribution in [3.63, 3.8) is 0 Å². The smallest absolute Gasteiger partial charge is 0.323 e. The third-order valence-corrected chi connectivity index (χ3v) is 2.88. The number of nitrogens with one attached hydrogen (secondary N) is 2.